The molecule has 1 aromatic rings. The molecular weight excluding hydrogens is 260 g/mol. The van der Waals surface area contributed by atoms with Crippen LogP contribution in [0.25, 0.3) is 0 Å². The number of amides is 1. The van der Waals surface area contributed by atoms with E-state index in [1.165, 1.54) is 11.8 Å². The molecule has 0 radical (unpaired) electrons. The highest BCUT2D eigenvalue weighted by atomic mass is 32.2. The van der Waals surface area contributed by atoms with Gasteiger partial charge in [0.25, 0.3) is 0 Å². The number of hydrogen-bond acceptors (Lipinski definition) is 5. The number of nitrogens with one attached hydrogen (secondary N) is 1. The Balaban J connectivity index is 2.44. The van der Waals surface area contributed by atoms with Crippen LogP contribution in [-0.2, 0) is 4.79 Å². The largest absolute Gasteiger partial charge is 0.384 e. The highest BCUT2D eigenvalue weighted by Crippen LogP contribution is 2.20. The van der Waals surface area contributed by atoms with Gasteiger partial charge >= 0.3 is 0 Å². The van der Waals surface area contributed by atoms with Crippen molar-refractivity contribution < 1.29 is 4.79 Å². The van der Waals surface area contributed by atoms with Crippen LogP contribution in [0.2, 0.25) is 0 Å². The van der Waals surface area contributed by atoms with Gasteiger partial charge in [0.05, 0.1) is 5.25 Å². The second-order valence-corrected chi connectivity index (χ2v) is 5.78. The number of carbonyl (C=O) groups is 1. The van der Waals surface area contributed by atoms with Crippen molar-refractivity contribution in [2.45, 2.75) is 50.4 Å². The molecule has 1 unspecified atom stereocenters. The van der Waals surface area contributed by atoms with Crippen molar-refractivity contribution in [1.82, 2.24) is 15.3 Å². The van der Waals surface area contributed by atoms with Crippen LogP contribution in [0.15, 0.2) is 11.2 Å². The fraction of sp³-hybridized carbons (Fsp3) is 0.615. The minimum Gasteiger partial charge on any atom is -0.384 e. The fourth-order valence-electron chi connectivity index (χ4n) is 1.56. The van der Waals surface area contributed by atoms with E-state index in [1.807, 2.05) is 13.8 Å². The molecular formula is C13H22N4OS. The molecule has 0 aliphatic heterocycles. The number of unbranched alkanes of at least 4 members (excludes halogenated alkanes) is 2. The zero-order chi connectivity index (χ0) is 14.3. The molecule has 19 heavy (non-hydrogen) atoms. The van der Waals surface area contributed by atoms with E-state index in [2.05, 4.69) is 22.2 Å². The predicted octanol–water partition coefficient (Wildman–Crippen LogP) is 2.15. The third-order valence-electron chi connectivity index (χ3n) is 2.58. The van der Waals surface area contributed by atoms with Crippen LogP contribution in [-0.4, -0.2) is 27.7 Å². The van der Waals surface area contributed by atoms with Gasteiger partial charge in [-0.1, -0.05) is 31.5 Å². The average Bonchev–Trinajstić information content (AvgIpc) is 2.33. The first kappa shape index (κ1) is 15.8. The van der Waals surface area contributed by atoms with Crippen LogP contribution < -0.4 is 11.1 Å². The molecule has 0 fully saturated rings. The molecule has 1 heterocycles. The molecule has 0 saturated heterocycles. The molecule has 1 atom stereocenters. The standard InChI is InChI=1S/C13H22N4OS/c1-4-5-6-7-15-12(18)10(3)19-13-16-9(2)8-11(14)17-13/h8,10H,4-7H2,1-3H3,(H,15,18)(H2,14,16,17). The second-order valence-electron chi connectivity index (χ2n) is 4.47. The van der Waals surface area contributed by atoms with Gasteiger partial charge in [-0.25, -0.2) is 9.97 Å². The molecule has 0 aromatic carbocycles. The molecule has 0 spiro atoms. The molecule has 1 aromatic heterocycles. The first-order valence-corrected chi connectivity index (χ1v) is 7.46. The number of aromatic nitrogens is 2. The highest BCUT2D eigenvalue weighted by Gasteiger charge is 2.15. The normalized spacial score (nSPS) is 12.2. The van der Waals surface area contributed by atoms with Crippen molar-refractivity contribution in [2.24, 2.45) is 0 Å². The maximum Gasteiger partial charge on any atom is 0.233 e. The number of nitrogens with two attached hydrogens (primary N) is 1. The summed E-state index contributed by atoms with van der Waals surface area (Å²) in [6, 6.07) is 1.71. The second kappa shape index (κ2) is 7.99. The van der Waals surface area contributed by atoms with E-state index in [9.17, 15) is 4.79 Å². The minimum absolute atomic E-state index is 0.0183. The van der Waals surface area contributed by atoms with Crippen LogP contribution in [0.3, 0.4) is 0 Å². The van der Waals surface area contributed by atoms with E-state index in [0.717, 1.165) is 31.5 Å². The maximum atomic E-state index is 11.9. The van der Waals surface area contributed by atoms with E-state index >= 15 is 0 Å². The number of aryl methyl sites for hydroxylation is 1. The lowest BCUT2D eigenvalue weighted by atomic mass is 10.2. The topological polar surface area (TPSA) is 80.9 Å². The summed E-state index contributed by atoms with van der Waals surface area (Å²) in [5.74, 6) is 0.454. The van der Waals surface area contributed by atoms with Gasteiger partial charge in [-0.15, -0.1) is 0 Å². The lowest BCUT2D eigenvalue weighted by molar-refractivity contribution is -0.120. The Morgan fingerprint density at radius 3 is 2.84 bits per heavy atom. The summed E-state index contributed by atoms with van der Waals surface area (Å²) in [6.07, 6.45) is 3.31. The van der Waals surface area contributed by atoms with Crippen LogP contribution >= 0.6 is 11.8 Å². The third-order valence-corrected chi connectivity index (χ3v) is 3.55. The Morgan fingerprint density at radius 2 is 2.21 bits per heavy atom. The quantitative estimate of drug-likeness (QED) is 0.455. The van der Waals surface area contributed by atoms with Crippen LogP contribution in [0.1, 0.15) is 38.8 Å². The number of carbonyl (C=O) groups excluding carboxylic acids is 1. The van der Waals surface area contributed by atoms with Gasteiger partial charge in [0.1, 0.15) is 5.82 Å². The van der Waals surface area contributed by atoms with Crippen LogP contribution in [0.4, 0.5) is 5.82 Å². The molecule has 106 valence electrons. The first-order chi connectivity index (χ1) is 9.02. The Labute approximate surface area is 118 Å². The molecule has 6 heteroatoms. The van der Waals surface area contributed by atoms with Crippen molar-refractivity contribution in [2.75, 3.05) is 12.3 Å². The van der Waals surface area contributed by atoms with Gasteiger partial charge in [-0.3, -0.25) is 4.79 Å². The molecule has 5 nitrogen and oxygen atoms in total. The van der Waals surface area contributed by atoms with E-state index in [1.54, 1.807) is 6.07 Å². The molecule has 0 saturated carbocycles. The number of rotatable bonds is 7. The van der Waals surface area contributed by atoms with Gasteiger partial charge in [0.2, 0.25) is 5.91 Å². The number of nitrogens with zero attached hydrogens (tertiary/aromatic N) is 2. The highest BCUT2D eigenvalue weighted by molar-refractivity contribution is 8.00. The summed E-state index contributed by atoms with van der Waals surface area (Å²) in [5.41, 5.74) is 6.47. The SMILES string of the molecule is CCCCCNC(=O)C(C)Sc1nc(C)cc(N)n1. The van der Waals surface area contributed by atoms with Gasteiger partial charge in [-0.05, 0) is 20.3 Å². The van der Waals surface area contributed by atoms with Crippen LogP contribution in [0, 0.1) is 6.92 Å². The predicted molar refractivity (Wildman–Crippen MR) is 79.0 cm³/mol. The Morgan fingerprint density at radius 1 is 1.47 bits per heavy atom. The van der Waals surface area contributed by atoms with E-state index in [0.29, 0.717) is 11.0 Å². The number of hydrogen-bond donors (Lipinski definition) is 2. The summed E-state index contributed by atoms with van der Waals surface area (Å²) in [6.45, 7) is 6.58. The van der Waals surface area contributed by atoms with Crippen molar-refractivity contribution in [3.63, 3.8) is 0 Å². The molecule has 0 bridgehead atoms. The summed E-state index contributed by atoms with van der Waals surface area (Å²) < 4.78 is 0. The fourth-order valence-corrected chi connectivity index (χ4v) is 2.42. The van der Waals surface area contributed by atoms with Crippen molar-refractivity contribution in [3.8, 4) is 0 Å². The van der Waals surface area contributed by atoms with Crippen molar-refractivity contribution in [1.29, 1.82) is 0 Å². The van der Waals surface area contributed by atoms with Crippen molar-refractivity contribution in [3.05, 3.63) is 11.8 Å². The first-order valence-electron chi connectivity index (χ1n) is 6.58. The smallest absolute Gasteiger partial charge is 0.233 e. The number of anilines is 1. The van der Waals surface area contributed by atoms with Gasteiger partial charge < -0.3 is 11.1 Å². The van der Waals surface area contributed by atoms with Crippen LogP contribution in [0.5, 0.6) is 0 Å². The van der Waals surface area contributed by atoms with E-state index < -0.39 is 0 Å². The number of thioether (sulfide) groups is 1. The Hall–Kier alpha value is -1.30. The Kier molecular flexibility index (Phi) is 6.62. The summed E-state index contributed by atoms with van der Waals surface area (Å²) in [4.78, 5) is 20.2. The third kappa shape index (κ3) is 5.92. The summed E-state index contributed by atoms with van der Waals surface area (Å²) in [5, 5.41) is 3.25. The Bertz CT molecular complexity index is 405. The van der Waals surface area contributed by atoms with E-state index in [4.69, 9.17) is 5.73 Å². The molecule has 1 amide bonds. The lowest BCUT2D eigenvalue weighted by Gasteiger charge is -2.11. The number of nitrogen functional groups attached to an aromatic ring is 1. The summed E-state index contributed by atoms with van der Waals surface area (Å²) >= 11 is 1.33. The summed E-state index contributed by atoms with van der Waals surface area (Å²) in [7, 11) is 0. The minimum atomic E-state index is -0.220. The molecule has 3 N–H and O–H groups in total. The maximum absolute atomic E-state index is 11.9. The van der Waals surface area contributed by atoms with Gasteiger partial charge in [-0.2, -0.15) is 0 Å². The zero-order valence-electron chi connectivity index (χ0n) is 11.8. The molecule has 0 aliphatic rings. The molecule has 1 rings (SSSR count). The lowest BCUT2D eigenvalue weighted by Crippen LogP contribution is -2.31. The zero-order valence-corrected chi connectivity index (χ0v) is 12.6. The average molecular weight is 282 g/mol. The van der Waals surface area contributed by atoms with Gasteiger partial charge in [0.15, 0.2) is 5.16 Å². The molecule has 0 aliphatic carbocycles. The monoisotopic (exact) mass is 282 g/mol. The van der Waals surface area contributed by atoms with Crippen molar-refractivity contribution >= 4 is 23.5 Å². The van der Waals surface area contributed by atoms with E-state index in [-0.39, 0.29) is 11.2 Å². The van der Waals surface area contributed by atoms with Gasteiger partial charge in [0, 0.05) is 18.3 Å².